The molecule has 5 rings (SSSR count). The van der Waals surface area contributed by atoms with Gasteiger partial charge in [-0.05, 0) is 56.1 Å². The molecular weight excluding hydrogens is 388 g/mol. The Balaban J connectivity index is 1.68. The molecule has 0 amide bonds. The third kappa shape index (κ3) is 3.73. The number of piperidine rings is 1. The average Bonchev–Trinajstić information content (AvgIpc) is 3.19. The summed E-state index contributed by atoms with van der Waals surface area (Å²) < 4.78 is 13.0. The number of hydrogen-bond donors (Lipinski definition) is 0. The van der Waals surface area contributed by atoms with E-state index in [1.807, 2.05) is 18.2 Å². The summed E-state index contributed by atoms with van der Waals surface area (Å²) in [6.07, 6.45) is 5.89. The maximum atomic E-state index is 5.48. The Bertz CT molecular complexity index is 1070. The zero-order chi connectivity index (χ0) is 21.5. The molecular formula is C25H32N4O2. The third-order valence-corrected chi connectivity index (χ3v) is 6.66. The second-order valence-corrected chi connectivity index (χ2v) is 9.32. The number of hydrogen-bond acceptors (Lipinski definition) is 5. The van der Waals surface area contributed by atoms with Crippen LogP contribution >= 0.6 is 0 Å². The van der Waals surface area contributed by atoms with E-state index < -0.39 is 0 Å². The van der Waals surface area contributed by atoms with Gasteiger partial charge in [-0.25, -0.2) is 4.98 Å². The SMILES string of the molecule is COc1cc(OC)cc(-c2cc3nc4c(c(N5C[C@@H](C)C[C@H](C)C5)n3n2)CCCC4)c1. The Morgan fingerprint density at radius 2 is 1.58 bits per heavy atom. The van der Waals surface area contributed by atoms with E-state index in [0.29, 0.717) is 11.8 Å². The smallest absolute Gasteiger partial charge is 0.158 e. The lowest BCUT2D eigenvalue weighted by Gasteiger charge is -2.38. The summed E-state index contributed by atoms with van der Waals surface area (Å²) in [5.41, 5.74) is 5.46. The number of benzene rings is 1. The number of methoxy groups -OCH3 is 2. The standard InChI is InChI=1S/C25H32N4O2/c1-16-9-17(2)15-28(14-16)25-21-7-5-6-8-22(21)26-24-13-23(27-29(24)25)18-10-19(30-3)12-20(11-18)31-4/h10-13,16-17H,5-9,14-15H2,1-4H3/t16-,17-/m0/s1. The number of fused-ring (bicyclic) bond motifs is 2. The minimum Gasteiger partial charge on any atom is -0.497 e. The average molecular weight is 421 g/mol. The largest absolute Gasteiger partial charge is 0.497 e. The second-order valence-electron chi connectivity index (χ2n) is 9.32. The highest BCUT2D eigenvalue weighted by Crippen LogP contribution is 2.36. The molecule has 0 unspecified atom stereocenters. The van der Waals surface area contributed by atoms with E-state index in [4.69, 9.17) is 19.6 Å². The summed E-state index contributed by atoms with van der Waals surface area (Å²) in [5.74, 6) is 4.15. The van der Waals surface area contributed by atoms with Gasteiger partial charge in [-0.1, -0.05) is 13.8 Å². The van der Waals surface area contributed by atoms with Crippen LogP contribution < -0.4 is 14.4 Å². The lowest BCUT2D eigenvalue weighted by Crippen LogP contribution is -2.40. The monoisotopic (exact) mass is 420 g/mol. The first-order chi connectivity index (χ1) is 15.1. The van der Waals surface area contributed by atoms with Crippen molar-refractivity contribution in [2.75, 3.05) is 32.2 Å². The molecule has 6 nitrogen and oxygen atoms in total. The van der Waals surface area contributed by atoms with Crippen LogP contribution in [-0.4, -0.2) is 41.9 Å². The summed E-state index contributed by atoms with van der Waals surface area (Å²) >= 11 is 0. The maximum absolute atomic E-state index is 5.48. The fraction of sp³-hybridized carbons (Fsp3) is 0.520. The molecule has 2 aliphatic rings. The van der Waals surface area contributed by atoms with Crippen LogP contribution in [0.2, 0.25) is 0 Å². The first-order valence-electron chi connectivity index (χ1n) is 11.5. The van der Waals surface area contributed by atoms with E-state index in [-0.39, 0.29) is 0 Å². The first-order valence-corrected chi connectivity index (χ1v) is 11.5. The van der Waals surface area contributed by atoms with Gasteiger partial charge in [0.1, 0.15) is 17.3 Å². The molecule has 2 aromatic heterocycles. The van der Waals surface area contributed by atoms with Crippen molar-refractivity contribution in [2.24, 2.45) is 11.8 Å². The van der Waals surface area contributed by atoms with Gasteiger partial charge in [0, 0.05) is 42.0 Å². The molecule has 1 aromatic carbocycles. The van der Waals surface area contributed by atoms with Crippen molar-refractivity contribution in [3.8, 4) is 22.8 Å². The van der Waals surface area contributed by atoms with Crippen LogP contribution in [0.1, 0.15) is 44.4 Å². The van der Waals surface area contributed by atoms with Gasteiger partial charge in [0.2, 0.25) is 0 Å². The van der Waals surface area contributed by atoms with Gasteiger partial charge < -0.3 is 14.4 Å². The molecule has 2 atom stereocenters. The molecule has 164 valence electrons. The molecule has 0 N–H and O–H groups in total. The van der Waals surface area contributed by atoms with E-state index in [1.165, 1.54) is 36.3 Å². The molecule has 0 radical (unpaired) electrons. The summed E-state index contributed by atoms with van der Waals surface area (Å²) in [6, 6.07) is 8.01. The number of aromatic nitrogens is 3. The minimum atomic E-state index is 0.684. The lowest BCUT2D eigenvalue weighted by molar-refractivity contribution is 0.353. The van der Waals surface area contributed by atoms with Crippen LogP contribution in [-0.2, 0) is 12.8 Å². The Kier molecular flexibility index (Phi) is 5.24. The Morgan fingerprint density at radius 1 is 0.903 bits per heavy atom. The van der Waals surface area contributed by atoms with Crippen molar-refractivity contribution in [1.29, 1.82) is 0 Å². The highest BCUT2D eigenvalue weighted by atomic mass is 16.5. The summed E-state index contributed by atoms with van der Waals surface area (Å²) in [7, 11) is 3.35. The molecule has 3 heterocycles. The van der Waals surface area contributed by atoms with Crippen LogP contribution in [0.3, 0.4) is 0 Å². The van der Waals surface area contributed by atoms with Gasteiger partial charge >= 0.3 is 0 Å². The number of anilines is 1. The highest BCUT2D eigenvalue weighted by Gasteiger charge is 2.29. The molecule has 0 spiro atoms. The van der Waals surface area contributed by atoms with E-state index in [2.05, 4.69) is 29.3 Å². The molecule has 1 aliphatic heterocycles. The Hall–Kier alpha value is -2.76. The number of rotatable bonds is 4. The molecule has 1 saturated heterocycles. The van der Waals surface area contributed by atoms with Crippen LogP contribution in [0.25, 0.3) is 16.9 Å². The van der Waals surface area contributed by atoms with Gasteiger partial charge in [-0.2, -0.15) is 9.61 Å². The van der Waals surface area contributed by atoms with E-state index in [1.54, 1.807) is 14.2 Å². The van der Waals surface area contributed by atoms with Crippen molar-refractivity contribution < 1.29 is 9.47 Å². The van der Waals surface area contributed by atoms with Crippen molar-refractivity contribution in [3.63, 3.8) is 0 Å². The molecule has 0 bridgehead atoms. The van der Waals surface area contributed by atoms with Crippen molar-refractivity contribution >= 4 is 11.5 Å². The Labute approximate surface area is 184 Å². The predicted molar refractivity (Wildman–Crippen MR) is 123 cm³/mol. The van der Waals surface area contributed by atoms with Crippen molar-refractivity contribution in [3.05, 3.63) is 35.5 Å². The maximum Gasteiger partial charge on any atom is 0.158 e. The van der Waals surface area contributed by atoms with Gasteiger partial charge in [0.25, 0.3) is 0 Å². The number of aryl methyl sites for hydroxylation is 1. The quantitative estimate of drug-likeness (QED) is 0.608. The molecule has 3 aromatic rings. The van der Waals surface area contributed by atoms with Crippen LogP contribution in [0.4, 0.5) is 5.82 Å². The molecule has 6 heteroatoms. The molecule has 0 saturated carbocycles. The van der Waals surface area contributed by atoms with Crippen molar-refractivity contribution in [1.82, 2.24) is 14.6 Å². The predicted octanol–water partition coefficient (Wildman–Crippen LogP) is 4.77. The lowest BCUT2D eigenvalue weighted by atomic mass is 9.90. The van der Waals surface area contributed by atoms with Crippen LogP contribution in [0.5, 0.6) is 11.5 Å². The zero-order valence-corrected chi connectivity index (χ0v) is 19.0. The normalized spacial score (nSPS) is 21.2. The zero-order valence-electron chi connectivity index (χ0n) is 19.0. The summed E-state index contributed by atoms with van der Waals surface area (Å²) in [6.45, 7) is 6.89. The van der Waals surface area contributed by atoms with Gasteiger partial charge in [0.05, 0.1) is 19.9 Å². The third-order valence-electron chi connectivity index (χ3n) is 6.66. The van der Waals surface area contributed by atoms with E-state index in [0.717, 1.165) is 54.3 Å². The fourth-order valence-corrected chi connectivity index (χ4v) is 5.38. The molecule has 1 fully saturated rings. The highest BCUT2D eigenvalue weighted by molar-refractivity contribution is 5.70. The van der Waals surface area contributed by atoms with Gasteiger partial charge in [-0.15, -0.1) is 0 Å². The van der Waals surface area contributed by atoms with Crippen LogP contribution in [0, 0.1) is 11.8 Å². The van der Waals surface area contributed by atoms with Gasteiger partial charge in [-0.3, -0.25) is 0 Å². The van der Waals surface area contributed by atoms with E-state index in [9.17, 15) is 0 Å². The molecule has 31 heavy (non-hydrogen) atoms. The van der Waals surface area contributed by atoms with E-state index >= 15 is 0 Å². The van der Waals surface area contributed by atoms with Crippen LogP contribution in [0.15, 0.2) is 24.3 Å². The summed E-state index contributed by atoms with van der Waals surface area (Å²) in [5, 5.41) is 5.07. The minimum absolute atomic E-state index is 0.684. The van der Waals surface area contributed by atoms with Gasteiger partial charge in [0.15, 0.2) is 5.65 Å². The van der Waals surface area contributed by atoms with Crippen molar-refractivity contribution in [2.45, 2.75) is 46.0 Å². The number of ether oxygens (including phenoxy) is 2. The number of nitrogens with zero attached hydrogens (tertiary/aromatic N) is 4. The molecule has 1 aliphatic carbocycles. The second kappa shape index (κ2) is 8.06. The topological polar surface area (TPSA) is 51.9 Å². The summed E-state index contributed by atoms with van der Waals surface area (Å²) in [4.78, 5) is 7.62. The fourth-order valence-electron chi connectivity index (χ4n) is 5.38. The Morgan fingerprint density at radius 3 is 2.26 bits per heavy atom. The first kappa shape index (κ1) is 20.2.